The van der Waals surface area contributed by atoms with Gasteiger partial charge in [-0.15, -0.1) is 11.3 Å². The summed E-state index contributed by atoms with van der Waals surface area (Å²) in [5, 5.41) is 0.637. The van der Waals surface area contributed by atoms with Crippen LogP contribution >= 0.6 is 11.3 Å². The van der Waals surface area contributed by atoms with E-state index in [2.05, 4.69) is 9.97 Å². The van der Waals surface area contributed by atoms with Crippen LogP contribution in [0, 0.1) is 5.41 Å². The minimum absolute atomic E-state index is 0.0449. The molecule has 0 radical (unpaired) electrons. The standard InChI is InChI=1S/C23H28F3N5O3S/c1-21(2,3)34-20(33)31-6-4-5-16(31)19(32)30-11-22(12-30)9-29(10-22)17-15-7-14(8-23(24,25)26)35-18(15)28-13-27-17/h7,13,16H,4-6,8-12H2,1-3H3/t16-/m0/s1. The Morgan fingerprint density at radius 3 is 2.54 bits per heavy atom. The Morgan fingerprint density at radius 2 is 1.89 bits per heavy atom. The first kappa shape index (κ1) is 24.1. The highest BCUT2D eigenvalue weighted by Crippen LogP contribution is 2.44. The van der Waals surface area contributed by atoms with Crippen LogP contribution in [0.1, 0.15) is 38.5 Å². The molecular formula is C23H28F3N5O3S. The van der Waals surface area contributed by atoms with E-state index < -0.39 is 30.3 Å². The fourth-order valence-electron chi connectivity index (χ4n) is 5.24. The molecule has 2 amide bonds. The highest BCUT2D eigenvalue weighted by atomic mass is 32.1. The lowest BCUT2D eigenvalue weighted by molar-refractivity contribution is -0.150. The molecule has 2 aromatic heterocycles. The topological polar surface area (TPSA) is 78.9 Å². The summed E-state index contributed by atoms with van der Waals surface area (Å²) in [6.45, 7) is 8.46. The minimum Gasteiger partial charge on any atom is -0.444 e. The summed E-state index contributed by atoms with van der Waals surface area (Å²) in [6, 6.07) is 1.05. The van der Waals surface area contributed by atoms with Gasteiger partial charge in [0.1, 0.15) is 28.6 Å². The molecule has 3 aliphatic rings. The highest BCUT2D eigenvalue weighted by Gasteiger charge is 2.55. The van der Waals surface area contributed by atoms with Crippen molar-refractivity contribution in [3.05, 3.63) is 17.3 Å². The number of carbonyl (C=O) groups is 2. The second-order valence-corrected chi connectivity index (χ2v) is 11.9. The summed E-state index contributed by atoms with van der Waals surface area (Å²) in [6.07, 6.45) is -2.91. The van der Waals surface area contributed by atoms with Crippen molar-refractivity contribution >= 4 is 39.4 Å². The number of aromatic nitrogens is 2. The molecule has 8 nitrogen and oxygen atoms in total. The number of ether oxygens (including phenoxy) is 1. The summed E-state index contributed by atoms with van der Waals surface area (Å²) in [4.78, 5) is 40.3. The summed E-state index contributed by atoms with van der Waals surface area (Å²) in [5.74, 6) is 0.596. The summed E-state index contributed by atoms with van der Waals surface area (Å²) < 4.78 is 43.9. The molecule has 12 heteroatoms. The number of carbonyl (C=O) groups excluding carboxylic acids is 2. The zero-order chi connectivity index (χ0) is 25.2. The SMILES string of the molecule is CC(C)(C)OC(=O)N1CCC[C@H]1C(=O)N1CC2(C1)CN(c1ncnc3sc(CC(F)(F)F)cc13)C2. The highest BCUT2D eigenvalue weighted by molar-refractivity contribution is 7.18. The number of hydrogen-bond donors (Lipinski definition) is 0. The molecule has 0 bridgehead atoms. The minimum atomic E-state index is -4.27. The first-order valence-corrected chi connectivity index (χ1v) is 12.5. The molecule has 0 N–H and O–H groups in total. The summed E-state index contributed by atoms with van der Waals surface area (Å²) in [7, 11) is 0. The van der Waals surface area contributed by atoms with Crippen LogP contribution < -0.4 is 4.90 Å². The quantitative estimate of drug-likeness (QED) is 0.623. The predicted molar refractivity (Wildman–Crippen MR) is 124 cm³/mol. The molecule has 190 valence electrons. The fraction of sp³-hybridized carbons (Fsp3) is 0.652. The monoisotopic (exact) mass is 511 g/mol. The number of rotatable bonds is 3. The van der Waals surface area contributed by atoms with Crippen LogP contribution in [-0.4, -0.2) is 82.3 Å². The molecule has 0 saturated carbocycles. The van der Waals surface area contributed by atoms with Gasteiger partial charge in [0, 0.05) is 43.0 Å². The Hall–Kier alpha value is -2.63. The number of alkyl halides is 3. The van der Waals surface area contributed by atoms with Crippen molar-refractivity contribution in [3.8, 4) is 0 Å². The Kier molecular flexibility index (Phi) is 5.65. The van der Waals surface area contributed by atoms with Gasteiger partial charge in [0.05, 0.1) is 11.8 Å². The smallest absolute Gasteiger partial charge is 0.410 e. The number of amides is 2. The number of hydrogen-bond acceptors (Lipinski definition) is 7. The summed E-state index contributed by atoms with van der Waals surface area (Å²) in [5.41, 5.74) is -0.668. The average Bonchev–Trinajstić information content (AvgIpc) is 3.29. The zero-order valence-electron chi connectivity index (χ0n) is 19.9. The maximum Gasteiger partial charge on any atom is 0.410 e. The number of thiophene rings is 1. The van der Waals surface area contributed by atoms with Gasteiger partial charge in [-0.1, -0.05) is 0 Å². The van der Waals surface area contributed by atoms with E-state index in [4.69, 9.17) is 4.74 Å². The van der Waals surface area contributed by atoms with Crippen LogP contribution in [0.15, 0.2) is 12.4 Å². The number of nitrogens with zero attached hydrogens (tertiary/aromatic N) is 5. The van der Waals surface area contributed by atoms with Gasteiger partial charge in [-0.3, -0.25) is 9.69 Å². The molecule has 3 saturated heterocycles. The normalized spacial score (nSPS) is 21.9. The lowest BCUT2D eigenvalue weighted by Gasteiger charge is -2.61. The van der Waals surface area contributed by atoms with Crippen molar-refractivity contribution in [1.29, 1.82) is 0 Å². The molecule has 1 spiro atoms. The van der Waals surface area contributed by atoms with Gasteiger partial charge in [0.25, 0.3) is 0 Å². The van der Waals surface area contributed by atoms with Crippen LogP contribution in [0.2, 0.25) is 0 Å². The molecule has 3 aliphatic heterocycles. The van der Waals surface area contributed by atoms with Crippen molar-refractivity contribution in [3.63, 3.8) is 0 Å². The van der Waals surface area contributed by atoms with E-state index in [1.807, 2.05) is 4.90 Å². The van der Waals surface area contributed by atoms with Crippen molar-refractivity contribution in [1.82, 2.24) is 19.8 Å². The maximum atomic E-state index is 13.1. The van der Waals surface area contributed by atoms with E-state index in [-0.39, 0.29) is 16.2 Å². The van der Waals surface area contributed by atoms with Gasteiger partial charge in [0.2, 0.25) is 5.91 Å². The lowest BCUT2D eigenvalue weighted by atomic mass is 9.72. The Morgan fingerprint density at radius 1 is 1.17 bits per heavy atom. The third-order valence-corrected chi connectivity index (χ3v) is 7.66. The summed E-state index contributed by atoms with van der Waals surface area (Å²) >= 11 is 1.04. The van der Waals surface area contributed by atoms with Gasteiger partial charge in [0.15, 0.2) is 0 Å². The van der Waals surface area contributed by atoms with Gasteiger partial charge in [-0.2, -0.15) is 13.2 Å². The lowest BCUT2D eigenvalue weighted by Crippen LogP contribution is -2.74. The number of anilines is 1. The van der Waals surface area contributed by atoms with Gasteiger partial charge in [-0.25, -0.2) is 14.8 Å². The average molecular weight is 512 g/mol. The van der Waals surface area contributed by atoms with E-state index >= 15 is 0 Å². The number of fused-ring (bicyclic) bond motifs is 1. The van der Waals surface area contributed by atoms with Gasteiger partial charge in [-0.05, 0) is 39.7 Å². The third-order valence-electron chi connectivity index (χ3n) is 6.62. The van der Waals surface area contributed by atoms with Gasteiger partial charge >= 0.3 is 12.3 Å². The largest absolute Gasteiger partial charge is 0.444 e. The van der Waals surface area contributed by atoms with E-state index in [0.29, 0.717) is 55.2 Å². The van der Waals surface area contributed by atoms with E-state index in [1.165, 1.54) is 12.4 Å². The molecule has 0 aromatic carbocycles. The molecule has 5 heterocycles. The third kappa shape index (κ3) is 4.76. The number of likely N-dealkylation sites (tertiary alicyclic amines) is 2. The molecule has 3 fully saturated rings. The van der Waals surface area contributed by atoms with Crippen molar-refractivity contribution in [2.75, 3.05) is 37.6 Å². The maximum absolute atomic E-state index is 13.1. The Labute approximate surface area is 205 Å². The van der Waals surface area contributed by atoms with E-state index in [0.717, 1.165) is 17.8 Å². The molecule has 0 unspecified atom stereocenters. The van der Waals surface area contributed by atoms with Crippen LogP contribution in [0.5, 0.6) is 0 Å². The molecule has 1 atom stereocenters. The van der Waals surface area contributed by atoms with E-state index in [1.54, 1.807) is 30.6 Å². The van der Waals surface area contributed by atoms with Crippen molar-refractivity contribution < 1.29 is 27.5 Å². The first-order chi connectivity index (χ1) is 16.3. The van der Waals surface area contributed by atoms with Crippen molar-refractivity contribution in [2.24, 2.45) is 5.41 Å². The van der Waals surface area contributed by atoms with E-state index in [9.17, 15) is 22.8 Å². The molecule has 0 aliphatic carbocycles. The second kappa shape index (κ2) is 8.21. The predicted octanol–water partition coefficient (Wildman–Crippen LogP) is 3.84. The van der Waals surface area contributed by atoms with Gasteiger partial charge < -0.3 is 14.5 Å². The van der Waals surface area contributed by atoms with Crippen LogP contribution in [0.4, 0.5) is 23.8 Å². The van der Waals surface area contributed by atoms with Crippen LogP contribution in [0.3, 0.4) is 0 Å². The van der Waals surface area contributed by atoms with Crippen LogP contribution in [-0.2, 0) is 16.0 Å². The number of halogens is 3. The molecular weight excluding hydrogens is 483 g/mol. The van der Waals surface area contributed by atoms with Crippen molar-refractivity contribution in [2.45, 2.75) is 57.9 Å². The fourth-order valence-corrected chi connectivity index (χ4v) is 6.26. The molecule has 5 rings (SSSR count). The second-order valence-electron chi connectivity index (χ2n) is 10.8. The first-order valence-electron chi connectivity index (χ1n) is 11.7. The van der Waals surface area contributed by atoms with Crippen LogP contribution in [0.25, 0.3) is 10.2 Å². The molecule has 2 aromatic rings. The Bertz CT molecular complexity index is 1150. The zero-order valence-corrected chi connectivity index (χ0v) is 20.7. The molecule has 35 heavy (non-hydrogen) atoms. The Balaban J connectivity index is 1.20.